The van der Waals surface area contributed by atoms with Gasteiger partial charge in [-0.2, -0.15) is 0 Å². The van der Waals surface area contributed by atoms with E-state index in [9.17, 15) is 14.7 Å². The van der Waals surface area contributed by atoms with Crippen molar-refractivity contribution >= 4 is 28.3 Å². The van der Waals surface area contributed by atoms with Crippen LogP contribution in [-0.4, -0.2) is 16.9 Å². The van der Waals surface area contributed by atoms with E-state index in [-0.39, 0.29) is 17.7 Å². The van der Waals surface area contributed by atoms with Gasteiger partial charge in [0.05, 0.1) is 11.6 Å². The summed E-state index contributed by atoms with van der Waals surface area (Å²) in [6.45, 7) is 6.12. The van der Waals surface area contributed by atoms with E-state index in [0.29, 0.717) is 5.13 Å². The van der Waals surface area contributed by atoms with Crippen LogP contribution in [0.4, 0.5) is 5.13 Å². The highest BCUT2D eigenvalue weighted by atomic mass is 32.1. The molecule has 1 amide bonds. The van der Waals surface area contributed by atoms with Gasteiger partial charge in [0.1, 0.15) is 0 Å². The zero-order valence-electron chi connectivity index (χ0n) is 16.9. The molecule has 4 atom stereocenters. The van der Waals surface area contributed by atoms with Crippen LogP contribution in [0, 0.1) is 23.7 Å². The molecule has 2 aliphatic carbocycles. The molecule has 2 bridgehead atoms. The van der Waals surface area contributed by atoms with Crippen LogP contribution < -0.4 is 10.4 Å². The van der Waals surface area contributed by atoms with Gasteiger partial charge in [-0.05, 0) is 50.5 Å². The van der Waals surface area contributed by atoms with Gasteiger partial charge in [0.2, 0.25) is 5.91 Å². The molecule has 0 saturated heterocycles. The van der Waals surface area contributed by atoms with E-state index in [4.69, 9.17) is 0 Å². The minimum absolute atomic E-state index is 0.00563. The van der Waals surface area contributed by atoms with Gasteiger partial charge < -0.3 is 15.2 Å². The summed E-state index contributed by atoms with van der Waals surface area (Å²) in [6.07, 6.45) is 2.66. The Morgan fingerprint density at radius 2 is 1.79 bits per heavy atom. The number of carbonyl (C=O) groups excluding carboxylic acids is 2. The Kier molecular flexibility index (Phi) is 5.30. The molecule has 29 heavy (non-hydrogen) atoms. The normalized spacial score (nSPS) is 25.3. The first-order valence-electron chi connectivity index (χ1n) is 10.1. The molecule has 0 aliphatic heterocycles. The maximum atomic E-state index is 13.1. The number of benzene rings is 1. The predicted molar refractivity (Wildman–Crippen MR) is 112 cm³/mol. The number of nitrogens with zero attached hydrogens (tertiary/aromatic N) is 1. The van der Waals surface area contributed by atoms with Crippen molar-refractivity contribution in [3.05, 3.63) is 46.4 Å². The molecular weight excluding hydrogens is 384 g/mol. The van der Waals surface area contributed by atoms with Gasteiger partial charge in [-0.25, -0.2) is 4.98 Å². The average Bonchev–Trinajstić information content (AvgIpc) is 3.41. The second kappa shape index (κ2) is 7.75. The number of carboxylic acid groups (broad SMARTS) is 1. The van der Waals surface area contributed by atoms with E-state index < -0.39 is 17.8 Å². The van der Waals surface area contributed by atoms with E-state index in [1.807, 2.05) is 31.4 Å². The lowest BCUT2D eigenvalue weighted by atomic mass is 9.79. The van der Waals surface area contributed by atoms with Gasteiger partial charge in [0.15, 0.2) is 5.13 Å². The number of aliphatic carboxylic acids is 1. The van der Waals surface area contributed by atoms with Crippen molar-refractivity contribution in [1.29, 1.82) is 0 Å². The number of amides is 1. The Morgan fingerprint density at radius 1 is 1.14 bits per heavy atom. The molecule has 1 N–H and O–H groups in total. The minimum Gasteiger partial charge on any atom is -0.550 e. The summed E-state index contributed by atoms with van der Waals surface area (Å²) in [7, 11) is 0. The number of carboxylic acids is 1. The molecular formula is C23H25N2O3S-. The monoisotopic (exact) mass is 409 g/mol. The molecule has 5 nitrogen and oxygen atoms in total. The third-order valence-corrected chi connectivity index (χ3v) is 7.14. The molecule has 6 heteroatoms. The molecule has 1 aromatic carbocycles. The number of thiazole rings is 1. The first kappa shape index (κ1) is 19.8. The summed E-state index contributed by atoms with van der Waals surface area (Å²) in [5, 5.41) is 17.1. The molecule has 0 unspecified atom stereocenters. The van der Waals surface area contributed by atoms with Gasteiger partial charge in [-0.3, -0.25) is 4.79 Å². The smallest absolute Gasteiger partial charge is 0.230 e. The number of aryl methyl sites for hydroxylation is 1. The molecule has 2 saturated carbocycles. The van der Waals surface area contributed by atoms with Crippen LogP contribution in [0.2, 0.25) is 0 Å². The fraction of sp³-hybridized carbons (Fsp3) is 0.435. The number of anilines is 1. The van der Waals surface area contributed by atoms with Crippen LogP contribution in [0.1, 0.15) is 39.2 Å². The Bertz CT molecular complexity index is 972. The van der Waals surface area contributed by atoms with Crippen molar-refractivity contribution in [2.75, 3.05) is 5.32 Å². The Balaban J connectivity index is 1.54. The lowest BCUT2D eigenvalue weighted by molar-refractivity contribution is -0.314. The van der Waals surface area contributed by atoms with Crippen LogP contribution >= 0.6 is 11.3 Å². The van der Waals surface area contributed by atoms with Gasteiger partial charge in [-0.1, -0.05) is 42.3 Å². The number of fused-ring (bicyclic) bond motifs is 2. The fourth-order valence-electron chi connectivity index (χ4n) is 5.15. The van der Waals surface area contributed by atoms with Crippen LogP contribution in [0.15, 0.2) is 40.8 Å². The Hall–Kier alpha value is -2.47. The molecule has 0 spiro atoms. The van der Waals surface area contributed by atoms with E-state index in [1.165, 1.54) is 16.9 Å². The second-order valence-electron chi connectivity index (χ2n) is 8.19. The lowest BCUT2D eigenvalue weighted by Gasteiger charge is -2.29. The molecule has 1 heterocycles. The van der Waals surface area contributed by atoms with Crippen molar-refractivity contribution in [1.82, 2.24) is 4.98 Å². The number of nitrogens with one attached hydrogen (secondary N) is 1. The first-order valence-corrected chi connectivity index (χ1v) is 11.0. The summed E-state index contributed by atoms with van der Waals surface area (Å²) < 4.78 is 0. The summed E-state index contributed by atoms with van der Waals surface area (Å²) in [5.74, 6) is -2.79. The van der Waals surface area contributed by atoms with Crippen LogP contribution in [0.3, 0.4) is 0 Å². The van der Waals surface area contributed by atoms with Crippen molar-refractivity contribution in [2.24, 2.45) is 23.7 Å². The molecule has 2 aromatic rings. The van der Waals surface area contributed by atoms with E-state index in [1.54, 1.807) is 0 Å². The fourth-order valence-corrected chi connectivity index (χ4v) is 5.88. The summed E-state index contributed by atoms with van der Waals surface area (Å²) in [6, 6.07) is 8.21. The van der Waals surface area contributed by atoms with E-state index >= 15 is 0 Å². The number of carbonyl (C=O) groups is 2. The Morgan fingerprint density at radius 3 is 2.38 bits per heavy atom. The number of allylic oxidation sites excluding steroid dienone is 2. The topological polar surface area (TPSA) is 82.1 Å². The number of hydrogen-bond donors (Lipinski definition) is 1. The number of hydrogen-bond acceptors (Lipinski definition) is 5. The van der Waals surface area contributed by atoms with Crippen molar-refractivity contribution in [3.63, 3.8) is 0 Å². The largest absolute Gasteiger partial charge is 0.550 e. The lowest BCUT2D eigenvalue weighted by Crippen LogP contribution is -2.43. The average molecular weight is 410 g/mol. The van der Waals surface area contributed by atoms with E-state index in [0.717, 1.165) is 41.7 Å². The standard InChI is InChI=1S/C23H26N2O3S/c1-4-13-5-7-14(8-6-13)17-11-29-23(24-17)25-21(26)19-15-9-10-16(18(15)12(2)3)20(19)22(27)28/h5-8,11,15-16,19-20H,4,9-10H2,1-3H3,(H,27,28)(H,24,25,26)/p-1/t15-,16-,19+,20+/m1/s1. The SMILES string of the molecule is CCc1ccc(-c2csc(NC(=O)[C@@H]3[C@@H](C(=O)[O-])[C@@H]4CC[C@@H]3C4=C(C)C)n2)cc1. The molecule has 152 valence electrons. The van der Waals surface area contributed by atoms with Crippen molar-refractivity contribution < 1.29 is 14.7 Å². The van der Waals surface area contributed by atoms with Crippen LogP contribution in [-0.2, 0) is 16.0 Å². The minimum atomic E-state index is -1.12. The second-order valence-corrected chi connectivity index (χ2v) is 9.05. The van der Waals surface area contributed by atoms with Crippen molar-refractivity contribution in [3.8, 4) is 11.3 Å². The van der Waals surface area contributed by atoms with Gasteiger partial charge in [0, 0.05) is 22.8 Å². The zero-order valence-corrected chi connectivity index (χ0v) is 17.7. The number of aromatic nitrogens is 1. The molecule has 1 aromatic heterocycles. The maximum absolute atomic E-state index is 13.1. The van der Waals surface area contributed by atoms with Crippen LogP contribution in [0.25, 0.3) is 11.3 Å². The zero-order chi connectivity index (χ0) is 20.7. The molecule has 2 fully saturated rings. The first-order chi connectivity index (χ1) is 13.9. The quantitative estimate of drug-likeness (QED) is 0.764. The molecule has 2 aliphatic rings. The molecule has 4 rings (SSSR count). The summed E-state index contributed by atoms with van der Waals surface area (Å²) in [4.78, 5) is 29.4. The van der Waals surface area contributed by atoms with Gasteiger partial charge >= 0.3 is 0 Å². The molecule has 0 radical (unpaired) electrons. The third-order valence-electron chi connectivity index (χ3n) is 6.39. The Labute approximate surface area is 174 Å². The third kappa shape index (κ3) is 3.50. The predicted octanol–water partition coefficient (Wildman–Crippen LogP) is 3.67. The van der Waals surface area contributed by atoms with Gasteiger partial charge in [-0.15, -0.1) is 11.3 Å². The van der Waals surface area contributed by atoms with Gasteiger partial charge in [0.25, 0.3) is 0 Å². The van der Waals surface area contributed by atoms with Crippen LogP contribution in [0.5, 0.6) is 0 Å². The summed E-state index contributed by atoms with van der Waals surface area (Å²) in [5.41, 5.74) is 5.35. The highest BCUT2D eigenvalue weighted by Gasteiger charge is 2.54. The number of rotatable bonds is 5. The van der Waals surface area contributed by atoms with E-state index in [2.05, 4.69) is 29.4 Å². The highest BCUT2D eigenvalue weighted by Crippen LogP contribution is 2.57. The summed E-state index contributed by atoms with van der Waals surface area (Å²) >= 11 is 1.36. The maximum Gasteiger partial charge on any atom is 0.230 e. The van der Waals surface area contributed by atoms with Crippen molar-refractivity contribution in [2.45, 2.75) is 40.0 Å². The highest BCUT2D eigenvalue weighted by molar-refractivity contribution is 7.14.